The van der Waals surface area contributed by atoms with Crippen molar-refractivity contribution in [3.8, 4) is 0 Å². The van der Waals surface area contributed by atoms with Crippen molar-refractivity contribution in [3.05, 3.63) is 84.4 Å². The van der Waals surface area contributed by atoms with Gasteiger partial charge in [0, 0.05) is 44.7 Å². The Morgan fingerprint density at radius 1 is 0.871 bits per heavy atom. The van der Waals surface area contributed by atoms with Gasteiger partial charge in [-0.3, -0.25) is 14.6 Å². The summed E-state index contributed by atoms with van der Waals surface area (Å²) < 4.78 is 0. The van der Waals surface area contributed by atoms with E-state index in [0.29, 0.717) is 13.1 Å². The van der Waals surface area contributed by atoms with Crippen LogP contribution in [0.2, 0.25) is 0 Å². The van der Waals surface area contributed by atoms with Crippen LogP contribution in [0.3, 0.4) is 0 Å². The lowest BCUT2D eigenvalue weighted by molar-refractivity contribution is -0.120. The van der Waals surface area contributed by atoms with Crippen LogP contribution in [0.1, 0.15) is 12.5 Å². The lowest BCUT2D eigenvalue weighted by atomic mass is 10.1. The summed E-state index contributed by atoms with van der Waals surface area (Å²) in [5.41, 5.74) is 2.25. The first-order valence-electron chi connectivity index (χ1n) is 11.2. The van der Waals surface area contributed by atoms with E-state index in [0.717, 1.165) is 43.8 Å². The molecule has 4 heteroatoms. The first kappa shape index (κ1) is 21.3. The summed E-state index contributed by atoms with van der Waals surface area (Å²) in [4.78, 5) is 19.8. The van der Waals surface area contributed by atoms with Gasteiger partial charge in [0.2, 0.25) is 5.91 Å². The predicted octanol–water partition coefficient (Wildman–Crippen LogP) is 4.52. The zero-order valence-corrected chi connectivity index (χ0v) is 18.3. The number of hydrogen-bond acceptors (Lipinski definition) is 3. The van der Waals surface area contributed by atoms with Gasteiger partial charge in [0.1, 0.15) is 0 Å². The Bertz CT molecular complexity index is 1020. The molecule has 1 fully saturated rings. The number of carbonyl (C=O) groups excluding carboxylic acids is 1. The Hall–Kier alpha value is -2.95. The maximum absolute atomic E-state index is 13.2. The fourth-order valence-corrected chi connectivity index (χ4v) is 4.23. The zero-order chi connectivity index (χ0) is 21.5. The third-order valence-electron chi connectivity index (χ3n) is 5.97. The van der Waals surface area contributed by atoms with Crippen LogP contribution < -0.4 is 4.90 Å². The Morgan fingerprint density at radius 3 is 2.32 bits per heavy atom. The third kappa shape index (κ3) is 5.40. The number of likely N-dealkylation sites (N-methyl/N-ethyl adjacent to an activating group) is 1. The van der Waals surface area contributed by atoms with Crippen LogP contribution >= 0.6 is 0 Å². The summed E-state index contributed by atoms with van der Waals surface area (Å²) in [5, 5.41) is 2.30. The number of piperazine rings is 1. The van der Waals surface area contributed by atoms with Gasteiger partial charge in [-0.25, -0.2) is 0 Å². The SMILES string of the molecule is CCN(C(=O)CN1CCN(C/C=C/c2ccccc2)CC1)c1cccc2ccccc12. The summed E-state index contributed by atoms with van der Waals surface area (Å²) in [7, 11) is 0. The Morgan fingerprint density at radius 2 is 1.55 bits per heavy atom. The van der Waals surface area contributed by atoms with Gasteiger partial charge >= 0.3 is 0 Å². The summed E-state index contributed by atoms with van der Waals surface area (Å²) in [6.45, 7) is 8.00. The van der Waals surface area contributed by atoms with Crippen LogP contribution in [-0.4, -0.2) is 61.5 Å². The van der Waals surface area contributed by atoms with Gasteiger partial charge < -0.3 is 4.90 Å². The second kappa shape index (κ2) is 10.4. The quantitative estimate of drug-likeness (QED) is 0.570. The van der Waals surface area contributed by atoms with Crippen LogP contribution in [0.25, 0.3) is 16.8 Å². The molecule has 3 aromatic rings. The van der Waals surface area contributed by atoms with Crippen LogP contribution in [0, 0.1) is 0 Å². The fraction of sp³-hybridized carbons (Fsp3) is 0.296. The molecule has 0 saturated carbocycles. The average Bonchev–Trinajstić information content (AvgIpc) is 2.81. The summed E-state index contributed by atoms with van der Waals surface area (Å²) in [5.74, 6) is 0.177. The van der Waals surface area contributed by atoms with Crippen molar-refractivity contribution >= 4 is 28.4 Å². The molecule has 0 spiro atoms. The van der Waals surface area contributed by atoms with E-state index in [1.165, 1.54) is 10.9 Å². The molecule has 1 saturated heterocycles. The molecule has 0 radical (unpaired) electrons. The van der Waals surface area contributed by atoms with Crippen LogP contribution in [0.5, 0.6) is 0 Å². The van der Waals surface area contributed by atoms with E-state index in [9.17, 15) is 4.79 Å². The summed E-state index contributed by atoms with van der Waals surface area (Å²) >= 11 is 0. The number of anilines is 1. The highest BCUT2D eigenvalue weighted by Gasteiger charge is 2.22. The molecule has 0 aromatic heterocycles. The van der Waals surface area contributed by atoms with Gasteiger partial charge in [0.15, 0.2) is 0 Å². The third-order valence-corrected chi connectivity index (χ3v) is 5.97. The monoisotopic (exact) mass is 413 g/mol. The highest BCUT2D eigenvalue weighted by atomic mass is 16.2. The largest absolute Gasteiger partial charge is 0.311 e. The molecule has 3 aromatic carbocycles. The van der Waals surface area contributed by atoms with E-state index in [-0.39, 0.29) is 5.91 Å². The Labute approximate surface area is 185 Å². The number of carbonyl (C=O) groups is 1. The molecule has 0 N–H and O–H groups in total. The fourth-order valence-electron chi connectivity index (χ4n) is 4.23. The molecule has 0 atom stereocenters. The van der Waals surface area contributed by atoms with E-state index in [1.54, 1.807) is 0 Å². The standard InChI is InChI=1S/C27H31N3O/c1-2-30(26-16-8-14-24-13-6-7-15-25(24)26)27(31)22-29-20-18-28(19-21-29)17-9-12-23-10-4-3-5-11-23/h3-16H,2,17-22H2,1H3/b12-9+. The maximum atomic E-state index is 13.2. The zero-order valence-electron chi connectivity index (χ0n) is 18.3. The number of rotatable bonds is 7. The molecule has 1 aliphatic rings. The van der Waals surface area contributed by atoms with Gasteiger partial charge in [-0.15, -0.1) is 0 Å². The van der Waals surface area contributed by atoms with Gasteiger partial charge in [-0.2, -0.15) is 0 Å². The average molecular weight is 414 g/mol. The van der Waals surface area contributed by atoms with Crippen molar-refractivity contribution in [1.29, 1.82) is 0 Å². The number of amides is 1. The van der Waals surface area contributed by atoms with Gasteiger partial charge in [0.25, 0.3) is 0 Å². The van der Waals surface area contributed by atoms with Crippen LogP contribution in [-0.2, 0) is 4.79 Å². The molecule has 0 aliphatic carbocycles. The second-order valence-corrected chi connectivity index (χ2v) is 8.03. The Kier molecular flexibility index (Phi) is 7.13. The summed E-state index contributed by atoms with van der Waals surface area (Å²) in [6, 6.07) is 24.9. The van der Waals surface area contributed by atoms with E-state index in [4.69, 9.17) is 0 Å². The molecular weight excluding hydrogens is 382 g/mol. The lowest BCUT2D eigenvalue weighted by Gasteiger charge is -2.35. The van der Waals surface area contributed by atoms with Gasteiger partial charge in [-0.1, -0.05) is 78.9 Å². The molecule has 0 bridgehead atoms. The Balaban J connectivity index is 1.31. The van der Waals surface area contributed by atoms with Gasteiger partial charge in [-0.05, 0) is 23.9 Å². The molecule has 4 rings (SSSR count). The van der Waals surface area contributed by atoms with E-state index in [1.807, 2.05) is 29.2 Å². The smallest absolute Gasteiger partial charge is 0.241 e. The van der Waals surface area contributed by atoms with Crippen molar-refractivity contribution in [3.63, 3.8) is 0 Å². The molecule has 1 aliphatic heterocycles. The van der Waals surface area contributed by atoms with E-state index >= 15 is 0 Å². The van der Waals surface area contributed by atoms with E-state index < -0.39 is 0 Å². The first-order valence-corrected chi connectivity index (χ1v) is 11.2. The van der Waals surface area contributed by atoms with Crippen LogP contribution in [0.15, 0.2) is 78.9 Å². The van der Waals surface area contributed by atoms with Crippen molar-refractivity contribution in [2.75, 3.05) is 50.7 Å². The highest BCUT2D eigenvalue weighted by molar-refractivity contribution is 6.04. The highest BCUT2D eigenvalue weighted by Crippen LogP contribution is 2.26. The minimum atomic E-state index is 0.177. The van der Waals surface area contributed by atoms with Crippen molar-refractivity contribution in [2.24, 2.45) is 0 Å². The maximum Gasteiger partial charge on any atom is 0.241 e. The van der Waals surface area contributed by atoms with Crippen molar-refractivity contribution in [1.82, 2.24) is 9.80 Å². The molecule has 4 nitrogen and oxygen atoms in total. The summed E-state index contributed by atoms with van der Waals surface area (Å²) in [6.07, 6.45) is 4.41. The molecule has 0 unspecified atom stereocenters. The normalized spacial score (nSPS) is 15.5. The van der Waals surface area contributed by atoms with Crippen LogP contribution in [0.4, 0.5) is 5.69 Å². The van der Waals surface area contributed by atoms with Crippen molar-refractivity contribution in [2.45, 2.75) is 6.92 Å². The molecule has 160 valence electrons. The molecule has 1 amide bonds. The number of fused-ring (bicyclic) bond motifs is 1. The first-order chi connectivity index (χ1) is 15.2. The molecular formula is C27H31N3O. The topological polar surface area (TPSA) is 26.8 Å². The molecule has 31 heavy (non-hydrogen) atoms. The lowest BCUT2D eigenvalue weighted by Crippen LogP contribution is -2.50. The van der Waals surface area contributed by atoms with Crippen molar-refractivity contribution < 1.29 is 4.79 Å². The predicted molar refractivity (Wildman–Crippen MR) is 130 cm³/mol. The minimum absolute atomic E-state index is 0.177. The number of nitrogens with zero attached hydrogens (tertiary/aromatic N) is 3. The molecule has 1 heterocycles. The number of hydrogen-bond donors (Lipinski definition) is 0. The second-order valence-electron chi connectivity index (χ2n) is 8.03. The minimum Gasteiger partial charge on any atom is -0.311 e. The van der Waals surface area contributed by atoms with E-state index in [2.05, 4.69) is 77.4 Å². The van der Waals surface area contributed by atoms with Gasteiger partial charge in [0.05, 0.1) is 12.2 Å². The number of benzene rings is 3.